The van der Waals surface area contributed by atoms with Gasteiger partial charge in [0.05, 0.1) is 0 Å². The lowest BCUT2D eigenvalue weighted by molar-refractivity contribution is 0.410. The molecule has 0 atom stereocenters. The van der Waals surface area contributed by atoms with Crippen molar-refractivity contribution in [1.29, 1.82) is 0 Å². The largest absolute Gasteiger partial charge is 0.325 e. The van der Waals surface area contributed by atoms with Gasteiger partial charge in [-0.25, -0.2) is 4.98 Å². The van der Waals surface area contributed by atoms with Crippen LogP contribution in [0.15, 0.2) is 6.33 Å². The first kappa shape index (κ1) is 10.6. The van der Waals surface area contributed by atoms with Gasteiger partial charge in [0.1, 0.15) is 12.2 Å². The van der Waals surface area contributed by atoms with Crippen molar-refractivity contribution in [2.75, 3.05) is 0 Å². The monoisotopic (exact) mass is 208 g/mol. The highest BCUT2D eigenvalue weighted by Gasteiger charge is 2.30. The van der Waals surface area contributed by atoms with Crippen LogP contribution in [0, 0.1) is 0 Å². The van der Waals surface area contributed by atoms with E-state index < -0.39 is 0 Å². The Hall–Kier alpha value is -0.900. The molecule has 0 unspecified atom stereocenters. The molecule has 1 fully saturated rings. The van der Waals surface area contributed by atoms with Gasteiger partial charge >= 0.3 is 0 Å². The van der Waals surface area contributed by atoms with Crippen molar-refractivity contribution in [1.82, 2.24) is 14.8 Å². The third-order valence-corrected chi connectivity index (χ3v) is 3.24. The number of nitrogens with zero attached hydrogens (tertiary/aromatic N) is 3. The van der Waals surface area contributed by atoms with Crippen LogP contribution < -0.4 is 5.73 Å². The van der Waals surface area contributed by atoms with Gasteiger partial charge in [0.2, 0.25) is 0 Å². The maximum atomic E-state index is 6.33. The van der Waals surface area contributed by atoms with Crippen LogP contribution in [0.4, 0.5) is 0 Å². The van der Waals surface area contributed by atoms with Crippen LogP contribution in [0.2, 0.25) is 0 Å². The first-order valence-electron chi connectivity index (χ1n) is 5.89. The van der Waals surface area contributed by atoms with Crippen molar-refractivity contribution in [3.63, 3.8) is 0 Å². The van der Waals surface area contributed by atoms with E-state index >= 15 is 0 Å². The minimum atomic E-state index is -0.0154. The minimum Gasteiger partial charge on any atom is -0.325 e. The van der Waals surface area contributed by atoms with Crippen LogP contribution in [0.5, 0.6) is 0 Å². The first-order chi connectivity index (χ1) is 7.23. The third kappa shape index (κ3) is 2.37. The molecule has 4 heteroatoms. The summed E-state index contributed by atoms with van der Waals surface area (Å²) in [6.07, 6.45) is 8.40. The van der Waals surface area contributed by atoms with Gasteiger partial charge in [0, 0.05) is 18.5 Å². The SMILES string of the molecule is CCCn1ncnc1CC1(N)CCCC1. The Kier molecular flexibility index (Phi) is 3.05. The van der Waals surface area contributed by atoms with Crippen LogP contribution in [0.25, 0.3) is 0 Å². The van der Waals surface area contributed by atoms with Gasteiger partial charge < -0.3 is 5.73 Å². The van der Waals surface area contributed by atoms with E-state index in [9.17, 15) is 0 Å². The van der Waals surface area contributed by atoms with Crippen molar-refractivity contribution < 1.29 is 0 Å². The lowest BCUT2D eigenvalue weighted by Crippen LogP contribution is -2.39. The summed E-state index contributed by atoms with van der Waals surface area (Å²) in [7, 11) is 0. The van der Waals surface area contributed by atoms with Crippen LogP contribution in [-0.4, -0.2) is 20.3 Å². The number of nitrogens with two attached hydrogens (primary N) is 1. The summed E-state index contributed by atoms with van der Waals surface area (Å²) in [5, 5.41) is 4.23. The van der Waals surface area contributed by atoms with Gasteiger partial charge in [-0.2, -0.15) is 5.10 Å². The van der Waals surface area contributed by atoms with Gasteiger partial charge in [-0.3, -0.25) is 4.68 Å². The molecule has 0 amide bonds. The smallest absolute Gasteiger partial charge is 0.138 e. The molecular weight excluding hydrogens is 188 g/mol. The fourth-order valence-electron chi connectivity index (χ4n) is 2.39. The molecule has 0 spiro atoms. The summed E-state index contributed by atoms with van der Waals surface area (Å²) in [5.41, 5.74) is 6.32. The quantitative estimate of drug-likeness (QED) is 0.815. The van der Waals surface area contributed by atoms with Crippen LogP contribution in [0.3, 0.4) is 0 Å². The summed E-state index contributed by atoms with van der Waals surface area (Å²) in [6, 6.07) is 0. The topological polar surface area (TPSA) is 56.7 Å². The van der Waals surface area contributed by atoms with Gasteiger partial charge in [-0.15, -0.1) is 0 Å². The van der Waals surface area contributed by atoms with E-state index in [1.807, 2.05) is 4.68 Å². The summed E-state index contributed by atoms with van der Waals surface area (Å²) in [5.74, 6) is 1.06. The molecule has 0 bridgehead atoms. The molecule has 1 aromatic rings. The predicted octanol–water partition coefficient (Wildman–Crippen LogP) is 1.50. The summed E-state index contributed by atoms with van der Waals surface area (Å²) >= 11 is 0. The maximum Gasteiger partial charge on any atom is 0.138 e. The molecule has 0 radical (unpaired) electrons. The van der Waals surface area contributed by atoms with Crippen LogP contribution in [-0.2, 0) is 13.0 Å². The molecular formula is C11H20N4. The molecule has 1 heterocycles. The Bertz CT molecular complexity index is 312. The van der Waals surface area contributed by atoms with E-state index in [2.05, 4.69) is 17.0 Å². The normalized spacial score (nSPS) is 19.6. The number of rotatable bonds is 4. The standard InChI is InChI=1S/C11H20N4/c1-2-7-15-10(13-9-14-15)8-11(12)5-3-4-6-11/h9H,2-8,12H2,1H3. The highest BCUT2D eigenvalue weighted by atomic mass is 15.3. The summed E-state index contributed by atoms with van der Waals surface area (Å²) in [4.78, 5) is 4.32. The number of aromatic nitrogens is 3. The molecule has 1 saturated carbocycles. The maximum absolute atomic E-state index is 6.33. The molecule has 4 nitrogen and oxygen atoms in total. The Morgan fingerprint density at radius 1 is 1.47 bits per heavy atom. The Morgan fingerprint density at radius 2 is 2.20 bits per heavy atom. The lowest BCUT2D eigenvalue weighted by Gasteiger charge is -2.22. The minimum absolute atomic E-state index is 0.0154. The zero-order valence-electron chi connectivity index (χ0n) is 9.45. The fraction of sp³-hybridized carbons (Fsp3) is 0.818. The molecule has 84 valence electrons. The molecule has 0 saturated heterocycles. The van der Waals surface area contributed by atoms with Gasteiger partial charge in [-0.1, -0.05) is 19.8 Å². The molecule has 15 heavy (non-hydrogen) atoms. The highest BCUT2D eigenvalue weighted by Crippen LogP contribution is 2.29. The number of aryl methyl sites for hydroxylation is 1. The third-order valence-electron chi connectivity index (χ3n) is 3.24. The lowest BCUT2D eigenvalue weighted by atomic mass is 9.94. The first-order valence-corrected chi connectivity index (χ1v) is 5.89. The molecule has 1 aliphatic carbocycles. The summed E-state index contributed by atoms with van der Waals surface area (Å²) < 4.78 is 1.99. The Labute approximate surface area is 90.9 Å². The highest BCUT2D eigenvalue weighted by molar-refractivity contribution is 5.00. The molecule has 1 aliphatic rings. The van der Waals surface area contributed by atoms with Crippen molar-refractivity contribution in [3.8, 4) is 0 Å². The summed E-state index contributed by atoms with van der Waals surface area (Å²) in [6.45, 7) is 3.10. The molecule has 0 aromatic carbocycles. The van der Waals surface area contributed by atoms with Crippen molar-refractivity contribution in [2.24, 2.45) is 5.73 Å². The van der Waals surface area contributed by atoms with Gasteiger partial charge in [-0.05, 0) is 19.3 Å². The second-order valence-electron chi connectivity index (χ2n) is 4.65. The molecule has 1 aromatic heterocycles. The Morgan fingerprint density at radius 3 is 2.87 bits per heavy atom. The van der Waals surface area contributed by atoms with Crippen molar-refractivity contribution in [2.45, 2.75) is 57.5 Å². The van der Waals surface area contributed by atoms with E-state index in [0.717, 1.165) is 38.1 Å². The van der Waals surface area contributed by atoms with Gasteiger partial charge in [0.25, 0.3) is 0 Å². The number of hydrogen-bond acceptors (Lipinski definition) is 3. The van der Waals surface area contributed by atoms with Crippen molar-refractivity contribution in [3.05, 3.63) is 12.2 Å². The predicted molar refractivity (Wildman–Crippen MR) is 59.4 cm³/mol. The van der Waals surface area contributed by atoms with E-state index in [1.54, 1.807) is 6.33 Å². The zero-order valence-corrected chi connectivity index (χ0v) is 9.45. The van der Waals surface area contributed by atoms with E-state index in [-0.39, 0.29) is 5.54 Å². The zero-order chi connectivity index (χ0) is 10.7. The number of hydrogen-bond donors (Lipinski definition) is 1. The van der Waals surface area contributed by atoms with Crippen molar-refractivity contribution >= 4 is 0 Å². The second kappa shape index (κ2) is 4.31. The Balaban J connectivity index is 2.06. The van der Waals surface area contributed by atoms with Gasteiger partial charge in [0.15, 0.2) is 0 Å². The van der Waals surface area contributed by atoms with Crippen LogP contribution in [0.1, 0.15) is 44.9 Å². The average Bonchev–Trinajstić information content (AvgIpc) is 2.78. The van der Waals surface area contributed by atoms with Crippen LogP contribution >= 0.6 is 0 Å². The second-order valence-corrected chi connectivity index (χ2v) is 4.65. The van der Waals surface area contributed by atoms with E-state index in [4.69, 9.17) is 5.73 Å². The van der Waals surface area contributed by atoms with E-state index in [1.165, 1.54) is 12.8 Å². The molecule has 2 N–H and O–H groups in total. The average molecular weight is 208 g/mol. The molecule has 2 rings (SSSR count). The van der Waals surface area contributed by atoms with E-state index in [0.29, 0.717) is 0 Å². The molecule has 0 aliphatic heterocycles. The fourth-order valence-corrected chi connectivity index (χ4v) is 2.39.